The Labute approximate surface area is 101 Å². The number of nitrogens with one attached hydrogen (secondary N) is 1. The third kappa shape index (κ3) is 4.36. The second-order valence-electron chi connectivity index (χ2n) is 2.78. The Bertz CT molecular complexity index is 355. The number of halogens is 1. The molecule has 0 aliphatic heterocycles. The molecule has 0 aliphatic rings. The molecular formula is C12H17ClN2O. The van der Waals surface area contributed by atoms with E-state index in [1.807, 2.05) is 32.9 Å². The lowest BCUT2D eigenvalue weighted by Gasteiger charge is -2.07. The summed E-state index contributed by atoms with van der Waals surface area (Å²) in [5, 5.41) is 3.16. The van der Waals surface area contributed by atoms with Crippen molar-refractivity contribution in [2.45, 2.75) is 20.8 Å². The van der Waals surface area contributed by atoms with E-state index in [-0.39, 0.29) is 5.91 Å². The molecule has 1 aromatic carbocycles. The van der Waals surface area contributed by atoms with Gasteiger partial charge in [-0.15, -0.1) is 0 Å². The molecule has 88 valence electrons. The number of nitrogens with two attached hydrogens (primary N) is 1. The van der Waals surface area contributed by atoms with Gasteiger partial charge in [-0.05, 0) is 24.8 Å². The Morgan fingerprint density at radius 3 is 2.56 bits per heavy atom. The van der Waals surface area contributed by atoms with Crippen LogP contribution < -0.4 is 11.1 Å². The Hall–Kier alpha value is -1.48. The van der Waals surface area contributed by atoms with Gasteiger partial charge in [0.25, 0.3) is 0 Å². The number of para-hydroxylation sites is 1. The fraction of sp³-hybridized carbons (Fsp3) is 0.250. The molecule has 0 unspecified atom stereocenters. The molecule has 3 N–H and O–H groups in total. The normalized spacial score (nSPS) is 9.50. The van der Waals surface area contributed by atoms with E-state index < -0.39 is 0 Å². The van der Waals surface area contributed by atoms with E-state index in [1.54, 1.807) is 6.07 Å². The van der Waals surface area contributed by atoms with Gasteiger partial charge >= 0.3 is 0 Å². The number of carbonyl (C=O) groups excluding carboxylic acids is 1. The zero-order valence-corrected chi connectivity index (χ0v) is 10.5. The predicted octanol–water partition coefficient (Wildman–Crippen LogP) is 3.09. The van der Waals surface area contributed by atoms with Gasteiger partial charge in [-0.3, -0.25) is 4.79 Å². The van der Waals surface area contributed by atoms with Gasteiger partial charge in [-0.25, -0.2) is 0 Å². The van der Waals surface area contributed by atoms with Crippen molar-refractivity contribution in [2.24, 2.45) is 5.73 Å². The molecule has 1 amide bonds. The molecule has 0 atom stereocenters. The van der Waals surface area contributed by atoms with Crippen LogP contribution in [-0.4, -0.2) is 5.91 Å². The average molecular weight is 241 g/mol. The van der Waals surface area contributed by atoms with Crippen molar-refractivity contribution < 1.29 is 4.79 Å². The molecule has 0 fully saturated rings. The summed E-state index contributed by atoms with van der Waals surface area (Å²) in [6, 6.07) is 5.41. The minimum absolute atomic E-state index is 0.288. The van der Waals surface area contributed by atoms with Gasteiger partial charge in [-0.2, -0.15) is 0 Å². The second kappa shape index (κ2) is 7.77. The smallest absolute Gasteiger partial charge is 0.249 e. The largest absolute Gasteiger partial charge is 0.404 e. The predicted molar refractivity (Wildman–Crippen MR) is 69.5 cm³/mol. The number of rotatable bonds is 2. The third-order valence-corrected chi connectivity index (χ3v) is 2.03. The first-order valence-corrected chi connectivity index (χ1v) is 5.47. The topological polar surface area (TPSA) is 55.1 Å². The lowest BCUT2D eigenvalue weighted by atomic mass is 10.2. The average Bonchev–Trinajstić information content (AvgIpc) is 2.27. The summed E-state index contributed by atoms with van der Waals surface area (Å²) in [4.78, 5) is 11.2. The molecule has 0 aromatic heterocycles. The van der Waals surface area contributed by atoms with Gasteiger partial charge < -0.3 is 11.1 Å². The van der Waals surface area contributed by atoms with Crippen LogP contribution in [0.5, 0.6) is 0 Å². The Morgan fingerprint density at radius 2 is 2.06 bits per heavy atom. The summed E-state index contributed by atoms with van der Waals surface area (Å²) in [6.45, 7) is 5.87. The summed E-state index contributed by atoms with van der Waals surface area (Å²) < 4.78 is 0. The first-order chi connectivity index (χ1) is 7.65. The number of amides is 1. The van der Waals surface area contributed by atoms with Crippen LogP contribution in [0.1, 0.15) is 19.4 Å². The van der Waals surface area contributed by atoms with Crippen LogP contribution in [0.25, 0.3) is 0 Å². The van der Waals surface area contributed by atoms with E-state index in [1.165, 1.54) is 12.3 Å². The molecule has 0 radical (unpaired) electrons. The van der Waals surface area contributed by atoms with Crippen molar-refractivity contribution in [1.29, 1.82) is 0 Å². The zero-order chi connectivity index (χ0) is 12.6. The lowest BCUT2D eigenvalue weighted by molar-refractivity contribution is -0.111. The quantitative estimate of drug-likeness (QED) is 0.781. The highest BCUT2D eigenvalue weighted by Gasteiger charge is 2.05. The van der Waals surface area contributed by atoms with Gasteiger partial charge in [0.15, 0.2) is 0 Å². The van der Waals surface area contributed by atoms with Crippen LogP contribution in [0.3, 0.4) is 0 Å². The monoisotopic (exact) mass is 240 g/mol. The molecule has 0 bridgehead atoms. The van der Waals surface area contributed by atoms with Crippen LogP contribution in [0.2, 0.25) is 5.02 Å². The van der Waals surface area contributed by atoms with Crippen LogP contribution >= 0.6 is 11.6 Å². The molecule has 16 heavy (non-hydrogen) atoms. The summed E-state index contributed by atoms with van der Waals surface area (Å²) in [5.74, 6) is -0.288. The maximum atomic E-state index is 11.2. The Morgan fingerprint density at radius 1 is 1.44 bits per heavy atom. The van der Waals surface area contributed by atoms with E-state index in [4.69, 9.17) is 17.3 Å². The molecule has 1 rings (SSSR count). The third-order valence-electron chi connectivity index (χ3n) is 1.72. The molecule has 1 aromatic rings. The maximum absolute atomic E-state index is 11.2. The van der Waals surface area contributed by atoms with E-state index in [0.29, 0.717) is 10.7 Å². The van der Waals surface area contributed by atoms with E-state index >= 15 is 0 Å². The van der Waals surface area contributed by atoms with E-state index in [2.05, 4.69) is 5.32 Å². The highest BCUT2D eigenvalue weighted by atomic mass is 35.5. The zero-order valence-electron chi connectivity index (χ0n) is 9.75. The van der Waals surface area contributed by atoms with Crippen molar-refractivity contribution in [2.75, 3.05) is 5.32 Å². The maximum Gasteiger partial charge on any atom is 0.249 e. The molecule has 0 spiro atoms. The first kappa shape index (κ1) is 14.5. The van der Waals surface area contributed by atoms with Gasteiger partial charge in [-0.1, -0.05) is 37.6 Å². The van der Waals surface area contributed by atoms with Crippen molar-refractivity contribution in [3.63, 3.8) is 0 Å². The number of hydrogen-bond donors (Lipinski definition) is 2. The van der Waals surface area contributed by atoms with Crippen molar-refractivity contribution in [1.82, 2.24) is 0 Å². The van der Waals surface area contributed by atoms with Crippen LogP contribution in [-0.2, 0) is 4.79 Å². The van der Waals surface area contributed by atoms with Crippen molar-refractivity contribution in [3.05, 3.63) is 41.1 Å². The number of hydrogen-bond acceptors (Lipinski definition) is 2. The molecular weight excluding hydrogens is 224 g/mol. The standard InChI is InChI=1S/C10H11ClN2O.C2H6/c1-7-3-2-4-8(11)10(7)13-9(14)5-6-12;1-2/h2-6H,12H2,1H3,(H,13,14);1-2H3/b6-5+;. The fourth-order valence-electron chi connectivity index (χ4n) is 1.04. The fourth-order valence-corrected chi connectivity index (χ4v) is 1.31. The van der Waals surface area contributed by atoms with E-state index in [0.717, 1.165) is 5.56 Å². The summed E-state index contributed by atoms with van der Waals surface area (Å²) in [7, 11) is 0. The molecule has 0 saturated carbocycles. The van der Waals surface area contributed by atoms with Crippen molar-refractivity contribution in [3.8, 4) is 0 Å². The van der Waals surface area contributed by atoms with Gasteiger partial charge in [0.2, 0.25) is 5.91 Å². The van der Waals surface area contributed by atoms with Crippen molar-refractivity contribution >= 4 is 23.2 Å². The lowest BCUT2D eigenvalue weighted by Crippen LogP contribution is -2.10. The van der Waals surface area contributed by atoms with Crippen LogP contribution in [0.15, 0.2) is 30.5 Å². The number of anilines is 1. The van der Waals surface area contributed by atoms with Crippen LogP contribution in [0, 0.1) is 6.92 Å². The van der Waals surface area contributed by atoms with Gasteiger partial charge in [0.1, 0.15) is 0 Å². The van der Waals surface area contributed by atoms with E-state index in [9.17, 15) is 4.79 Å². The minimum atomic E-state index is -0.288. The number of benzene rings is 1. The highest BCUT2D eigenvalue weighted by molar-refractivity contribution is 6.34. The van der Waals surface area contributed by atoms with Gasteiger partial charge in [0, 0.05) is 6.08 Å². The first-order valence-electron chi connectivity index (χ1n) is 5.09. The molecule has 0 heterocycles. The molecule has 0 aliphatic carbocycles. The second-order valence-corrected chi connectivity index (χ2v) is 3.19. The molecule has 3 nitrogen and oxygen atoms in total. The number of aryl methyl sites for hydroxylation is 1. The van der Waals surface area contributed by atoms with Crippen LogP contribution in [0.4, 0.5) is 5.69 Å². The Kier molecular flexibility index (Phi) is 7.05. The molecule has 4 heteroatoms. The SMILES string of the molecule is CC.Cc1cccc(Cl)c1NC(=O)/C=C/N. The Balaban J connectivity index is 0.00000106. The summed E-state index contributed by atoms with van der Waals surface area (Å²) >= 11 is 5.90. The summed E-state index contributed by atoms with van der Waals surface area (Å²) in [5.41, 5.74) is 6.62. The highest BCUT2D eigenvalue weighted by Crippen LogP contribution is 2.24. The summed E-state index contributed by atoms with van der Waals surface area (Å²) in [6.07, 6.45) is 2.42. The number of carbonyl (C=O) groups is 1. The van der Waals surface area contributed by atoms with Gasteiger partial charge in [0.05, 0.1) is 10.7 Å². The minimum Gasteiger partial charge on any atom is -0.404 e. The molecule has 0 saturated heterocycles.